The summed E-state index contributed by atoms with van der Waals surface area (Å²) in [5.74, 6) is 0.0468. The molecule has 0 aliphatic carbocycles. The fourth-order valence-electron chi connectivity index (χ4n) is 3.36. The van der Waals surface area contributed by atoms with E-state index >= 15 is 0 Å². The van der Waals surface area contributed by atoms with Crippen LogP contribution in [0.5, 0.6) is 0 Å². The van der Waals surface area contributed by atoms with Gasteiger partial charge in [-0.3, -0.25) is 0 Å². The van der Waals surface area contributed by atoms with Gasteiger partial charge >= 0.3 is 5.97 Å². The number of likely N-dealkylation sites (tertiary alicyclic amines) is 1. The third kappa shape index (κ3) is 2.23. The molecule has 110 valence electrons. The van der Waals surface area contributed by atoms with Gasteiger partial charge in [0.2, 0.25) is 0 Å². The van der Waals surface area contributed by atoms with Crippen molar-refractivity contribution in [3.8, 4) is 0 Å². The van der Waals surface area contributed by atoms with Crippen LogP contribution in [0.2, 0.25) is 0 Å². The van der Waals surface area contributed by atoms with Gasteiger partial charge in [-0.05, 0) is 52.2 Å². The highest BCUT2D eigenvalue weighted by Gasteiger charge is 2.32. The molecule has 6 nitrogen and oxygen atoms in total. The Balaban J connectivity index is 2.00. The van der Waals surface area contributed by atoms with Gasteiger partial charge in [0.25, 0.3) is 0 Å². The maximum atomic E-state index is 11.4. The Morgan fingerprint density at radius 3 is 2.65 bits per heavy atom. The van der Waals surface area contributed by atoms with E-state index in [0.717, 1.165) is 38.2 Å². The van der Waals surface area contributed by atoms with Gasteiger partial charge in [-0.1, -0.05) is 0 Å². The van der Waals surface area contributed by atoms with Crippen molar-refractivity contribution in [1.82, 2.24) is 14.5 Å². The molecule has 1 unspecified atom stereocenters. The number of nitrogens with zero attached hydrogens (tertiary/aromatic N) is 3. The van der Waals surface area contributed by atoms with Gasteiger partial charge in [0, 0.05) is 5.92 Å². The number of rotatable bonds is 2. The van der Waals surface area contributed by atoms with Crippen LogP contribution in [0, 0.1) is 0 Å². The summed E-state index contributed by atoms with van der Waals surface area (Å²) in [5.41, 5.74) is 0.836. The summed E-state index contributed by atoms with van der Waals surface area (Å²) in [5, 5.41) is 19.6. The minimum absolute atomic E-state index is 0.137. The van der Waals surface area contributed by atoms with Crippen LogP contribution in [0.1, 0.15) is 59.8 Å². The minimum Gasteiger partial charge on any atom is -0.476 e. The molecule has 1 saturated heterocycles. The molecular formula is C14H21N3O3. The van der Waals surface area contributed by atoms with E-state index in [0.29, 0.717) is 18.5 Å². The van der Waals surface area contributed by atoms with E-state index in [1.807, 2.05) is 0 Å². The summed E-state index contributed by atoms with van der Waals surface area (Å²) in [6, 6.07) is 0. The van der Waals surface area contributed by atoms with Gasteiger partial charge in [0.05, 0.1) is 5.69 Å². The first-order chi connectivity index (χ1) is 9.58. The second-order valence-electron chi connectivity index (χ2n) is 5.89. The first-order valence-corrected chi connectivity index (χ1v) is 7.29. The Morgan fingerprint density at radius 1 is 1.30 bits per heavy atom. The molecule has 2 aliphatic heterocycles. The van der Waals surface area contributed by atoms with Crippen molar-refractivity contribution in [2.45, 2.75) is 44.2 Å². The molecule has 1 atom stereocenters. The minimum atomic E-state index is -0.984. The number of aromatic nitrogens is 2. The first kappa shape index (κ1) is 13.6. The molecule has 3 heterocycles. The average Bonchev–Trinajstić information content (AvgIpc) is 2.81. The predicted molar refractivity (Wildman–Crippen MR) is 72.9 cm³/mol. The number of aromatic carboxylic acids is 1. The average molecular weight is 279 g/mol. The van der Waals surface area contributed by atoms with Crippen LogP contribution in [-0.2, 0) is 6.42 Å². The lowest BCUT2D eigenvalue weighted by Crippen LogP contribution is -2.31. The fourth-order valence-corrected chi connectivity index (χ4v) is 3.36. The Kier molecular flexibility index (Phi) is 3.52. The van der Waals surface area contributed by atoms with Gasteiger partial charge in [0.15, 0.2) is 5.69 Å². The fraction of sp³-hybridized carbons (Fsp3) is 0.714. The first-order valence-electron chi connectivity index (χ1n) is 7.29. The van der Waals surface area contributed by atoms with Gasteiger partial charge in [-0.2, -0.15) is 0 Å². The Hall–Kier alpha value is -1.40. The molecule has 0 spiro atoms. The lowest BCUT2D eigenvalue weighted by molar-refractivity contribution is 0.0671. The number of aliphatic hydroxyl groups is 1. The SMILES string of the molecule is CN1CCC(c2nc(C(=O)O)c3n2C(O)CCC3)CC1. The van der Waals surface area contributed by atoms with E-state index in [-0.39, 0.29) is 11.6 Å². The highest BCUT2D eigenvalue weighted by molar-refractivity contribution is 5.87. The molecule has 2 aliphatic rings. The Labute approximate surface area is 118 Å². The topological polar surface area (TPSA) is 78.6 Å². The van der Waals surface area contributed by atoms with E-state index in [2.05, 4.69) is 16.9 Å². The standard InChI is InChI=1S/C14H21N3O3/c1-16-7-5-9(6-8-16)13-15-12(14(19)20)10-3-2-4-11(18)17(10)13/h9,11,18H,2-8H2,1H3,(H,19,20). The molecule has 1 aromatic heterocycles. The monoisotopic (exact) mass is 279 g/mol. The second-order valence-corrected chi connectivity index (χ2v) is 5.89. The van der Waals surface area contributed by atoms with Gasteiger partial charge < -0.3 is 19.7 Å². The number of carbonyl (C=O) groups is 1. The Bertz CT molecular complexity index is 518. The zero-order valence-corrected chi connectivity index (χ0v) is 11.7. The van der Waals surface area contributed by atoms with Crippen molar-refractivity contribution in [2.24, 2.45) is 0 Å². The summed E-state index contributed by atoms with van der Waals surface area (Å²) in [7, 11) is 2.09. The third-order valence-electron chi connectivity index (χ3n) is 4.50. The molecule has 0 amide bonds. The van der Waals surface area contributed by atoms with E-state index in [4.69, 9.17) is 0 Å². The van der Waals surface area contributed by atoms with Gasteiger partial charge in [-0.15, -0.1) is 0 Å². The third-order valence-corrected chi connectivity index (χ3v) is 4.50. The molecule has 3 rings (SSSR count). The van der Waals surface area contributed by atoms with Crippen molar-refractivity contribution in [3.63, 3.8) is 0 Å². The summed E-state index contributed by atoms with van der Waals surface area (Å²) >= 11 is 0. The van der Waals surface area contributed by atoms with Gasteiger partial charge in [0.1, 0.15) is 12.1 Å². The maximum Gasteiger partial charge on any atom is 0.356 e. The number of carboxylic acid groups (broad SMARTS) is 1. The highest BCUT2D eigenvalue weighted by atomic mass is 16.4. The molecule has 0 aromatic carbocycles. The van der Waals surface area contributed by atoms with Crippen molar-refractivity contribution >= 4 is 5.97 Å². The lowest BCUT2D eigenvalue weighted by Gasteiger charge is -2.31. The van der Waals surface area contributed by atoms with Crippen molar-refractivity contribution in [3.05, 3.63) is 17.2 Å². The van der Waals surface area contributed by atoms with Crippen molar-refractivity contribution in [2.75, 3.05) is 20.1 Å². The zero-order chi connectivity index (χ0) is 14.3. The number of fused-ring (bicyclic) bond motifs is 1. The number of imidazole rings is 1. The molecule has 6 heteroatoms. The van der Waals surface area contributed by atoms with Crippen LogP contribution in [0.25, 0.3) is 0 Å². The van der Waals surface area contributed by atoms with Gasteiger partial charge in [-0.25, -0.2) is 9.78 Å². The normalized spacial score (nSPS) is 24.6. The van der Waals surface area contributed by atoms with Crippen LogP contribution in [0.4, 0.5) is 0 Å². The summed E-state index contributed by atoms with van der Waals surface area (Å²) in [4.78, 5) is 18.0. The van der Waals surface area contributed by atoms with E-state index in [1.54, 1.807) is 4.57 Å². The lowest BCUT2D eigenvalue weighted by atomic mass is 9.95. The van der Waals surface area contributed by atoms with E-state index < -0.39 is 12.2 Å². The molecule has 0 bridgehead atoms. The van der Waals surface area contributed by atoms with E-state index in [1.165, 1.54) is 0 Å². The number of hydrogen-bond donors (Lipinski definition) is 2. The van der Waals surface area contributed by atoms with Crippen LogP contribution in [0.3, 0.4) is 0 Å². The summed E-state index contributed by atoms with van der Waals surface area (Å²) < 4.78 is 1.79. The second kappa shape index (κ2) is 5.18. The maximum absolute atomic E-state index is 11.4. The molecule has 1 fully saturated rings. The molecule has 0 radical (unpaired) electrons. The van der Waals surface area contributed by atoms with Crippen molar-refractivity contribution < 1.29 is 15.0 Å². The summed E-state index contributed by atoms with van der Waals surface area (Å²) in [6.45, 7) is 1.98. The predicted octanol–water partition coefficient (Wildman–Crippen LogP) is 1.22. The number of aliphatic hydroxyl groups excluding tert-OH is 1. The van der Waals surface area contributed by atoms with Crippen LogP contribution in [0.15, 0.2) is 0 Å². The molecule has 2 N–H and O–H groups in total. The van der Waals surface area contributed by atoms with Crippen LogP contribution in [-0.4, -0.2) is 50.8 Å². The zero-order valence-electron chi connectivity index (χ0n) is 11.7. The van der Waals surface area contributed by atoms with Crippen molar-refractivity contribution in [1.29, 1.82) is 0 Å². The number of hydrogen-bond acceptors (Lipinski definition) is 4. The Morgan fingerprint density at radius 2 is 2.00 bits per heavy atom. The van der Waals surface area contributed by atoms with Crippen LogP contribution >= 0.6 is 0 Å². The van der Waals surface area contributed by atoms with Crippen LogP contribution < -0.4 is 0 Å². The largest absolute Gasteiger partial charge is 0.476 e. The molecular weight excluding hydrogens is 258 g/mol. The number of piperidine rings is 1. The highest BCUT2D eigenvalue weighted by Crippen LogP contribution is 2.34. The number of carboxylic acids is 1. The molecule has 20 heavy (non-hydrogen) atoms. The van der Waals surface area contributed by atoms with E-state index in [9.17, 15) is 15.0 Å². The molecule has 0 saturated carbocycles. The quantitative estimate of drug-likeness (QED) is 0.851. The summed E-state index contributed by atoms with van der Waals surface area (Å²) in [6.07, 6.45) is 3.52. The smallest absolute Gasteiger partial charge is 0.356 e. The molecule has 1 aromatic rings.